The molecule has 2 N–H and O–H groups in total. The summed E-state index contributed by atoms with van der Waals surface area (Å²) in [5, 5.41) is 11.6. The SMILES string of the molecule is CC(=O)NCC=Cc1cc(Br)ccc1C(=O)O. The molecule has 90 valence electrons. The van der Waals surface area contributed by atoms with Crippen LogP contribution >= 0.6 is 15.9 Å². The molecule has 0 fully saturated rings. The number of carboxylic acids is 1. The van der Waals surface area contributed by atoms with Gasteiger partial charge in [-0.2, -0.15) is 0 Å². The number of carboxylic acid groups (broad SMARTS) is 1. The molecule has 0 saturated heterocycles. The number of rotatable bonds is 4. The van der Waals surface area contributed by atoms with Gasteiger partial charge in [0.2, 0.25) is 5.91 Å². The van der Waals surface area contributed by atoms with Crippen LogP contribution in [0.5, 0.6) is 0 Å². The average Bonchev–Trinajstić information content (AvgIpc) is 2.23. The number of carbonyl (C=O) groups is 2. The number of halogens is 1. The van der Waals surface area contributed by atoms with Gasteiger partial charge in [0, 0.05) is 17.9 Å². The van der Waals surface area contributed by atoms with Crippen molar-refractivity contribution in [2.24, 2.45) is 0 Å². The molecule has 0 aliphatic rings. The third kappa shape index (κ3) is 4.40. The highest BCUT2D eigenvalue weighted by atomic mass is 79.9. The van der Waals surface area contributed by atoms with E-state index in [0.29, 0.717) is 12.1 Å². The molecular formula is C12H12BrNO3. The van der Waals surface area contributed by atoms with E-state index in [9.17, 15) is 9.59 Å². The van der Waals surface area contributed by atoms with Crippen LogP contribution in [0.3, 0.4) is 0 Å². The van der Waals surface area contributed by atoms with Crippen LogP contribution in [0, 0.1) is 0 Å². The first kappa shape index (κ1) is 13.4. The van der Waals surface area contributed by atoms with Gasteiger partial charge in [-0.25, -0.2) is 4.79 Å². The Kier molecular flexibility index (Phi) is 4.90. The summed E-state index contributed by atoms with van der Waals surface area (Å²) >= 11 is 3.28. The van der Waals surface area contributed by atoms with Crippen molar-refractivity contribution >= 4 is 33.9 Å². The molecule has 17 heavy (non-hydrogen) atoms. The van der Waals surface area contributed by atoms with Gasteiger partial charge in [0.25, 0.3) is 0 Å². The van der Waals surface area contributed by atoms with Gasteiger partial charge in [0.05, 0.1) is 5.56 Å². The van der Waals surface area contributed by atoms with Crippen LogP contribution in [0.4, 0.5) is 0 Å². The standard InChI is InChI=1S/C12H12BrNO3/c1-8(15)14-6-2-3-9-7-10(13)4-5-11(9)12(16)17/h2-5,7H,6H2,1H3,(H,14,15)(H,16,17). The molecule has 5 heteroatoms. The lowest BCUT2D eigenvalue weighted by atomic mass is 10.1. The molecule has 0 atom stereocenters. The van der Waals surface area contributed by atoms with E-state index < -0.39 is 5.97 Å². The maximum Gasteiger partial charge on any atom is 0.336 e. The van der Waals surface area contributed by atoms with Crippen molar-refractivity contribution in [1.82, 2.24) is 5.32 Å². The molecule has 1 aromatic rings. The van der Waals surface area contributed by atoms with Gasteiger partial charge in [-0.15, -0.1) is 0 Å². The fourth-order valence-electron chi connectivity index (χ4n) is 1.25. The van der Waals surface area contributed by atoms with Gasteiger partial charge in [0.15, 0.2) is 0 Å². The molecule has 0 aromatic heterocycles. The Bertz CT molecular complexity index is 469. The van der Waals surface area contributed by atoms with Crippen molar-refractivity contribution in [2.45, 2.75) is 6.92 Å². The Morgan fingerprint density at radius 2 is 2.18 bits per heavy atom. The third-order valence-electron chi connectivity index (χ3n) is 2.01. The molecule has 4 nitrogen and oxygen atoms in total. The summed E-state index contributed by atoms with van der Waals surface area (Å²) < 4.78 is 0.807. The van der Waals surface area contributed by atoms with Crippen molar-refractivity contribution < 1.29 is 14.7 Å². The van der Waals surface area contributed by atoms with E-state index in [1.54, 1.807) is 24.3 Å². The molecular weight excluding hydrogens is 286 g/mol. The van der Waals surface area contributed by atoms with Crippen LogP contribution in [0.1, 0.15) is 22.8 Å². The summed E-state index contributed by atoms with van der Waals surface area (Å²) in [6.45, 7) is 1.80. The van der Waals surface area contributed by atoms with E-state index in [-0.39, 0.29) is 11.5 Å². The summed E-state index contributed by atoms with van der Waals surface area (Å²) in [7, 11) is 0. The average molecular weight is 298 g/mol. The maximum absolute atomic E-state index is 11.0. The van der Waals surface area contributed by atoms with Crippen LogP contribution < -0.4 is 5.32 Å². The third-order valence-corrected chi connectivity index (χ3v) is 2.50. The molecule has 0 aliphatic carbocycles. The zero-order valence-electron chi connectivity index (χ0n) is 9.24. The highest BCUT2D eigenvalue weighted by Gasteiger charge is 2.07. The summed E-state index contributed by atoms with van der Waals surface area (Å²) in [6.07, 6.45) is 3.37. The minimum Gasteiger partial charge on any atom is -0.478 e. The molecule has 0 radical (unpaired) electrons. The predicted octanol–water partition coefficient (Wildman–Crippen LogP) is 2.30. The summed E-state index contributed by atoms with van der Waals surface area (Å²) in [5.41, 5.74) is 0.824. The number of nitrogens with one attached hydrogen (secondary N) is 1. The number of hydrogen-bond acceptors (Lipinski definition) is 2. The Labute approximate surface area is 107 Å². The Hall–Kier alpha value is -1.62. The molecule has 0 heterocycles. The Morgan fingerprint density at radius 1 is 1.47 bits per heavy atom. The van der Waals surface area contributed by atoms with Crippen molar-refractivity contribution in [3.63, 3.8) is 0 Å². The molecule has 0 spiro atoms. The summed E-state index contributed by atoms with van der Waals surface area (Å²) in [4.78, 5) is 21.6. The topological polar surface area (TPSA) is 66.4 Å². The maximum atomic E-state index is 11.0. The molecule has 0 saturated carbocycles. The van der Waals surface area contributed by atoms with Gasteiger partial charge >= 0.3 is 5.97 Å². The lowest BCUT2D eigenvalue weighted by Gasteiger charge is -2.02. The van der Waals surface area contributed by atoms with E-state index in [1.165, 1.54) is 13.0 Å². The summed E-state index contributed by atoms with van der Waals surface area (Å²) in [5.74, 6) is -1.10. The monoisotopic (exact) mass is 297 g/mol. The van der Waals surface area contributed by atoms with Gasteiger partial charge in [-0.05, 0) is 23.8 Å². The summed E-state index contributed by atoms with van der Waals surface area (Å²) in [6, 6.07) is 4.92. The molecule has 1 aromatic carbocycles. The molecule has 1 rings (SSSR count). The fourth-order valence-corrected chi connectivity index (χ4v) is 1.63. The van der Waals surface area contributed by atoms with Crippen molar-refractivity contribution in [3.05, 3.63) is 39.9 Å². The molecule has 1 amide bonds. The van der Waals surface area contributed by atoms with Crippen LogP contribution in [0.15, 0.2) is 28.7 Å². The minimum atomic E-state index is -0.975. The zero-order valence-corrected chi connectivity index (χ0v) is 10.8. The van der Waals surface area contributed by atoms with Crippen LogP contribution in [-0.2, 0) is 4.79 Å². The van der Waals surface area contributed by atoms with Crippen molar-refractivity contribution in [2.75, 3.05) is 6.54 Å². The molecule has 0 unspecified atom stereocenters. The predicted molar refractivity (Wildman–Crippen MR) is 68.8 cm³/mol. The van der Waals surface area contributed by atoms with E-state index in [0.717, 1.165) is 4.47 Å². The number of hydrogen-bond donors (Lipinski definition) is 2. The second kappa shape index (κ2) is 6.20. The van der Waals surface area contributed by atoms with Gasteiger partial charge in [-0.3, -0.25) is 4.79 Å². The van der Waals surface area contributed by atoms with Crippen molar-refractivity contribution in [1.29, 1.82) is 0 Å². The Balaban J connectivity index is 2.85. The van der Waals surface area contributed by atoms with Gasteiger partial charge in [0.1, 0.15) is 0 Å². The number of aromatic carboxylic acids is 1. The van der Waals surface area contributed by atoms with Crippen LogP contribution in [0.2, 0.25) is 0 Å². The minimum absolute atomic E-state index is 0.123. The number of benzene rings is 1. The van der Waals surface area contributed by atoms with Crippen LogP contribution in [0.25, 0.3) is 6.08 Å². The van der Waals surface area contributed by atoms with Gasteiger partial charge < -0.3 is 10.4 Å². The first-order valence-electron chi connectivity index (χ1n) is 4.94. The highest BCUT2D eigenvalue weighted by molar-refractivity contribution is 9.10. The lowest BCUT2D eigenvalue weighted by molar-refractivity contribution is -0.118. The fraction of sp³-hybridized carbons (Fsp3) is 0.167. The second-order valence-electron chi connectivity index (χ2n) is 3.38. The van der Waals surface area contributed by atoms with E-state index >= 15 is 0 Å². The first-order valence-corrected chi connectivity index (χ1v) is 5.74. The normalized spacial score (nSPS) is 10.5. The smallest absolute Gasteiger partial charge is 0.336 e. The quantitative estimate of drug-likeness (QED) is 0.896. The van der Waals surface area contributed by atoms with E-state index in [2.05, 4.69) is 21.2 Å². The molecule has 0 bridgehead atoms. The first-order chi connectivity index (χ1) is 8.00. The number of amides is 1. The second-order valence-corrected chi connectivity index (χ2v) is 4.29. The Morgan fingerprint density at radius 3 is 2.76 bits per heavy atom. The van der Waals surface area contributed by atoms with E-state index in [1.807, 2.05) is 0 Å². The highest BCUT2D eigenvalue weighted by Crippen LogP contribution is 2.18. The van der Waals surface area contributed by atoms with Crippen LogP contribution in [-0.4, -0.2) is 23.5 Å². The van der Waals surface area contributed by atoms with Crippen molar-refractivity contribution in [3.8, 4) is 0 Å². The lowest BCUT2D eigenvalue weighted by Crippen LogP contribution is -2.19. The molecule has 0 aliphatic heterocycles. The zero-order chi connectivity index (χ0) is 12.8. The van der Waals surface area contributed by atoms with Gasteiger partial charge in [-0.1, -0.05) is 28.1 Å². The largest absolute Gasteiger partial charge is 0.478 e. The van der Waals surface area contributed by atoms with E-state index in [4.69, 9.17) is 5.11 Å². The number of carbonyl (C=O) groups excluding carboxylic acids is 1.